The molecule has 2 aromatic heterocycles. The maximum Gasteiger partial charge on any atom is 0.148 e. The van der Waals surface area contributed by atoms with Crippen LogP contribution >= 0.6 is 0 Å². The van der Waals surface area contributed by atoms with Gasteiger partial charge >= 0.3 is 0 Å². The second-order valence-corrected chi connectivity index (χ2v) is 4.89. The van der Waals surface area contributed by atoms with E-state index in [1.807, 2.05) is 28.6 Å². The highest BCUT2D eigenvalue weighted by atomic mass is 15.3. The molecule has 19 heavy (non-hydrogen) atoms. The van der Waals surface area contributed by atoms with Crippen molar-refractivity contribution in [2.45, 2.75) is 53.2 Å². The molecule has 0 bridgehead atoms. The van der Waals surface area contributed by atoms with E-state index in [0.717, 1.165) is 31.0 Å². The lowest BCUT2D eigenvalue weighted by Gasteiger charge is -2.08. The van der Waals surface area contributed by atoms with Crippen LogP contribution < -0.4 is 5.32 Å². The molecule has 5 heteroatoms. The Morgan fingerprint density at radius 2 is 2.11 bits per heavy atom. The van der Waals surface area contributed by atoms with E-state index >= 15 is 0 Å². The van der Waals surface area contributed by atoms with Gasteiger partial charge in [0.05, 0.1) is 5.69 Å². The van der Waals surface area contributed by atoms with E-state index in [4.69, 9.17) is 0 Å². The molecule has 0 amide bonds. The third kappa shape index (κ3) is 3.16. The fourth-order valence-corrected chi connectivity index (χ4v) is 1.95. The first kappa shape index (κ1) is 13.6. The van der Waals surface area contributed by atoms with Gasteiger partial charge in [-0.05, 0) is 27.2 Å². The molecule has 104 valence electrons. The van der Waals surface area contributed by atoms with Gasteiger partial charge in [0.25, 0.3) is 0 Å². The molecule has 0 spiro atoms. The second-order valence-electron chi connectivity index (χ2n) is 4.89. The number of hydrogen-bond acceptors (Lipinski definition) is 3. The molecule has 0 aromatic carbocycles. The fraction of sp³-hybridized carbons (Fsp3) is 0.571. The Bertz CT molecular complexity index is 526. The number of rotatable bonds is 6. The largest absolute Gasteiger partial charge is 0.364 e. The molecule has 2 rings (SSSR count). The second kappa shape index (κ2) is 5.91. The Labute approximate surface area is 114 Å². The van der Waals surface area contributed by atoms with Crippen LogP contribution in [0.25, 0.3) is 0 Å². The molecule has 0 aliphatic rings. The predicted octanol–water partition coefficient (Wildman–Crippen LogP) is 2.99. The van der Waals surface area contributed by atoms with E-state index in [9.17, 15) is 0 Å². The topological polar surface area (TPSA) is 47.7 Å². The lowest BCUT2D eigenvalue weighted by Crippen LogP contribution is -2.06. The van der Waals surface area contributed by atoms with Crippen LogP contribution in [0.5, 0.6) is 0 Å². The summed E-state index contributed by atoms with van der Waals surface area (Å²) in [5, 5.41) is 12.3. The lowest BCUT2D eigenvalue weighted by molar-refractivity contribution is 0.479. The summed E-state index contributed by atoms with van der Waals surface area (Å²) in [5.41, 5.74) is 2.30. The minimum Gasteiger partial charge on any atom is -0.364 e. The zero-order valence-electron chi connectivity index (χ0n) is 12.2. The maximum absolute atomic E-state index is 4.53. The molecule has 1 atom stereocenters. The summed E-state index contributed by atoms with van der Waals surface area (Å²) in [4.78, 5) is 0. The first-order valence-electron chi connectivity index (χ1n) is 6.96. The van der Waals surface area contributed by atoms with E-state index in [1.165, 1.54) is 5.56 Å². The van der Waals surface area contributed by atoms with Crippen LogP contribution in [-0.4, -0.2) is 19.6 Å². The van der Waals surface area contributed by atoms with Crippen LogP contribution in [0.15, 0.2) is 18.5 Å². The highest BCUT2D eigenvalue weighted by Gasteiger charge is 2.06. The zero-order chi connectivity index (χ0) is 13.8. The normalized spacial score (nSPS) is 12.6. The molecular weight excluding hydrogens is 238 g/mol. The van der Waals surface area contributed by atoms with Crippen LogP contribution in [0.2, 0.25) is 0 Å². The summed E-state index contributed by atoms with van der Waals surface area (Å²) in [6.45, 7) is 10.2. The Morgan fingerprint density at radius 1 is 1.32 bits per heavy atom. The van der Waals surface area contributed by atoms with Crippen LogP contribution in [0.1, 0.15) is 44.5 Å². The number of nitrogens with one attached hydrogen (secondary N) is 1. The van der Waals surface area contributed by atoms with Gasteiger partial charge in [-0.15, -0.1) is 0 Å². The average Bonchev–Trinajstić information content (AvgIpc) is 3.02. The van der Waals surface area contributed by atoms with E-state index in [1.54, 1.807) is 0 Å². The molecule has 0 saturated carbocycles. The van der Waals surface area contributed by atoms with Crippen LogP contribution in [-0.2, 0) is 13.1 Å². The monoisotopic (exact) mass is 261 g/mol. The van der Waals surface area contributed by atoms with Crippen molar-refractivity contribution in [3.05, 3.63) is 29.7 Å². The Balaban J connectivity index is 1.98. The molecular formula is C14H23N5. The highest BCUT2D eigenvalue weighted by Crippen LogP contribution is 2.13. The van der Waals surface area contributed by atoms with Crippen molar-refractivity contribution < 1.29 is 0 Å². The average molecular weight is 261 g/mol. The molecule has 0 unspecified atom stereocenters. The molecule has 5 nitrogen and oxygen atoms in total. The van der Waals surface area contributed by atoms with Gasteiger partial charge in [0, 0.05) is 43.2 Å². The van der Waals surface area contributed by atoms with Gasteiger partial charge in [0.2, 0.25) is 0 Å². The van der Waals surface area contributed by atoms with Crippen LogP contribution in [0, 0.1) is 6.92 Å². The maximum atomic E-state index is 4.53. The van der Waals surface area contributed by atoms with Crippen molar-refractivity contribution in [3.63, 3.8) is 0 Å². The fourth-order valence-electron chi connectivity index (χ4n) is 1.95. The molecule has 2 aromatic rings. The number of hydrogen-bond donors (Lipinski definition) is 1. The summed E-state index contributed by atoms with van der Waals surface area (Å²) < 4.78 is 3.97. The Morgan fingerprint density at radius 3 is 2.74 bits per heavy atom. The number of anilines is 1. The van der Waals surface area contributed by atoms with Crippen molar-refractivity contribution >= 4 is 5.82 Å². The molecule has 0 fully saturated rings. The zero-order valence-corrected chi connectivity index (χ0v) is 12.2. The van der Waals surface area contributed by atoms with Crippen LogP contribution in [0.3, 0.4) is 0 Å². The van der Waals surface area contributed by atoms with Crippen molar-refractivity contribution in [2.24, 2.45) is 0 Å². The van der Waals surface area contributed by atoms with Gasteiger partial charge in [0.15, 0.2) is 0 Å². The predicted molar refractivity (Wildman–Crippen MR) is 77.2 cm³/mol. The highest BCUT2D eigenvalue weighted by molar-refractivity contribution is 5.34. The van der Waals surface area contributed by atoms with E-state index in [0.29, 0.717) is 6.04 Å². The van der Waals surface area contributed by atoms with Gasteiger partial charge in [-0.25, -0.2) is 0 Å². The standard InChI is InChI=1S/C14H23N5/c1-5-11(3)19-8-7-14(17-19)15-9-13-10-18(6-2)16-12(13)4/h7-8,10-11H,5-6,9H2,1-4H3,(H,15,17)/t11-/m0/s1. The summed E-state index contributed by atoms with van der Waals surface area (Å²) in [6, 6.07) is 2.46. The molecule has 0 saturated heterocycles. The van der Waals surface area contributed by atoms with Crippen molar-refractivity contribution in [1.29, 1.82) is 0 Å². The summed E-state index contributed by atoms with van der Waals surface area (Å²) >= 11 is 0. The van der Waals surface area contributed by atoms with Gasteiger partial charge in [-0.3, -0.25) is 9.36 Å². The number of aryl methyl sites for hydroxylation is 2. The number of nitrogens with zero attached hydrogens (tertiary/aromatic N) is 4. The van der Waals surface area contributed by atoms with Gasteiger partial charge in [-0.1, -0.05) is 6.92 Å². The van der Waals surface area contributed by atoms with Crippen molar-refractivity contribution in [3.8, 4) is 0 Å². The molecule has 1 N–H and O–H groups in total. The first-order chi connectivity index (χ1) is 9.13. The lowest BCUT2D eigenvalue weighted by atomic mass is 10.2. The van der Waals surface area contributed by atoms with E-state index in [-0.39, 0.29) is 0 Å². The first-order valence-corrected chi connectivity index (χ1v) is 6.96. The van der Waals surface area contributed by atoms with Gasteiger partial charge < -0.3 is 5.32 Å². The van der Waals surface area contributed by atoms with Gasteiger partial charge in [0.1, 0.15) is 5.82 Å². The molecule has 0 radical (unpaired) electrons. The summed E-state index contributed by atoms with van der Waals surface area (Å²) in [5.74, 6) is 0.920. The van der Waals surface area contributed by atoms with E-state index in [2.05, 4.69) is 42.5 Å². The Hall–Kier alpha value is -1.78. The minimum absolute atomic E-state index is 0.445. The van der Waals surface area contributed by atoms with Crippen molar-refractivity contribution in [1.82, 2.24) is 19.6 Å². The van der Waals surface area contributed by atoms with Crippen molar-refractivity contribution in [2.75, 3.05) is 5.32 Å². The third-order valence-corrected chi connectivity index (χ3v) is 3.48. The quantitative estimate of drug-likeness (QED) is 0.869. The molecule has 0 aliphatic heterocycles. The van der Waals surface area contributed by atoms with E-state index < -0.39 is 0 Å². The Kier molecular flexibility index (Phi) is 4.24. The SMILES string of the molecule is CC[C@H](C)n1ccc(NCc2cn(CC)nc2C)n1. The minimum atomic E-state index is 0.445. The molecule has 2 heterocycles. The molecule has 0 aliphatic carbocycles. The summed E-state index contributed by atoms with van der Waals surface area (Å²) in [6.07, 6.45) is 5.20. The van der Waals surface area contributed by atoms with Gasteiger partial charge in [-0.2, -0.15) is 10.2 Å². The summed E-state index contributed by atoms with van der Waals surface area (Å²) in [7, 11) is 0. The smallest absolute Gasteiger partial charge is 0.148 e. The number of aromatic nitrogens is 4. The third-order valence-electron chi connectivity index (χ3n) is 3.48. The van der Waals surface area contributed by atoms with Crippen LogP contribution in [0.4, 0.5) is 5.82 Å².